The second kappa shape index (κ2) is 10.6. The van der Waals surface area contributed by atoms with E-state index in [9.17, 15) is 28.2 Å². The van der Waals surface area contributed by atoms with Crippen LogP contribution in [-0.2, 0) is 16.6 Å². The summed E-state index contributed by atoms with van der Waals surface area (Å²) in [5, 5.41) is 21.0. The maximum absolute atomic E-state index is 13.3. The number of rotatable bonds is 5. The Bertz CT molecular complexity index is 1600. The number of alkyl halides is 3. The molecule has 4 N–H and O–H groups in total. The number of imidazole rings is 1. The van der Waals surface area contributed by atoms with Crippen LogP contribution in [0.5, 0.6) is 0 Å². The highest BCUT2D eigenvalue weighted by Gasteiger charge is 2.35. The minimum absolute atomic E-state index is 0.0315. The predicted molar refractivity (Wildman–Crippen MR) is 148 cm³/mol. The van der Waals surface area contributed by atoms with Crippen LogP contribution in [0.25, 0.3) is 16.8 Å². The van der Waals surface area contributed by atoms with Crippen LogP contribution in [0.3, 0.4) is 0 Å². The van der Waals surface area contributed by atoms with Crippen molar-refractivity contribution in [1.82, 2.24) is 19.3 Å². The molecule has 12 heteroatoms. The fourth-order valence-corrected chi connectivity index (χ4v) is 5.70. The van der Waals surface area contributed by atoms with Gasteiger partial charge in [0, 0.05) is 24.1 Å². The lowest BCUT2D eigenvalue weighted by atomic mass is 9.87. The Morgan fingerprint density at radius 2 is 1.80 bits per heavy atom. The number of carbonyl (C=O) groups excluding carboxylic acids is 1. The van der Waals surface area contributed by atoms with Crippen LogP contribution in [0.2, 0.25) is 5.15 Å². The molecule has 0 bridgehead atoms. The molecule has 1 aliphatic rings. The van der Waals surface area contributed by atoms with Crippen molar-refractivity contribution in [2.45, 2.75) is 50.4 Å². The number of aliphatic hydroxyl groups is 2. The van der Waals surface area contributed by atoms with Gasteiger partial charge < -0.3 is 20.8 Å². The fraction of sp³-hybridized carbons (Fsp3) is 0.345. The Hall–Kier alpha value is -3.67. The van der Waals surface area contributed by atoms with Gasteiger partial charge in [-0.15, -0.1) is 0 Å². The number of carbonyl (C=O) groups is 1. The Labute approximate surface area is 239 Å². The van der Waals surface area contributed by atoms with Crippen LogP contribution in [-0.4, -0.2) is 54.6 Å². The van der Waals surface area contributed by atoms with Crippen LogP contribution < -0.4 is 5.73 Å². The molecule has 4 aromatic rings. The quantitative estimate of drug-likeness (QED) is 0.303. The van der Waals surface area contributed by atoms with Crippen LogP contribution in [0.15, 0.2) is 54.7 Å². The number of nitrogen functional groups attached to an aromatic ring is 1. The summed E-state index contributed by atoms with van der Waals surface area (Å²) in [7, 11) is 0. The summed E-state index contributed by atoms with van der Waals surface area (Å²) < 4.78 is 41.5. The first-order valence-electron chi connectivity index (χ1n) is 13.1. The molecule has 0 aliphatic carbocycles. The van der Waals surface area contributed by atoms with E-state index >= 15 is 0 Å². The topological polar surface area (TPSA) is 117 Å². The summed E-state index contributed by atoms with van der Waals surface area (Å²) in [4.78, 5) is 23.1. The molecule has 1 amide bonds. The third kappa shape index (κ3) is 5.25. The van der Waals surface area contributed by atoms with Gasteiger partial charge in [0.15, 0.2) is 0 Å². The molecule has 1 fully saturated rings. The lowest BCUT2D eigenvalue weighted by Gasteiger charge is -2.37. The van der Waals surface area contributed by atoms with E-state index < -0.39 is 23.9 Å². The minimum atomic E-state index is -4.54. The van der Waals surface area contributed by atoms with Crippen molar-refractivity contribution < 1.29 is 28.2 Å². The summed E-state index contributed by atoms with van der Waals surface area (Å²) in [6, 6.07) is 11.2. The Kier molecular flexibility index (Phi) is 7.47. The number of nitrogens with zero attached hydrogens (tertiary/aromatic N) is 4. The van der Waals surface area contributed by atoms with Gasteiger partial charge in [-0.3, -0.25) is 9.20 Å². The van der Waals surface area contributed by atoms with Crippen molar-refractivity contribution in [2.75, 3.05) is 18.9 Å². The number of hydrogen-bond acceptors (Lipinski definition) is 6. The third-order valence-electron chi connectivity index (χ3n) is 7.85. The summed E-state index contributed by atoms with van der Waals surface area (Å²) in [5.74, 6) is 0.231. The fourth-order valence-electron chi connectivity index (χ4n) is 5.48. The third-order valence-corrected chi connectivity index (χ3v) is 8.11. The molecule has 41 heavy (non-hydrogen) atoms. The summed E-state index contributed by atoms with van der Waals surface area (Å²) in [6.45, 7) is 3.13. The lowest BCUT2D eigenvalue weighted by molar-refractivity contribution is -0.138. The normalized spacial score (nSPS) is 19.4. The van der Waals surface area contributed by atoms with Gasteiger partial charge in [-0.05, 0) is 49.9 Å². The Morgan fingerprint density at radius 1 is 1.12 bits per heavy atom. The number of benzene rings is 2. The zero-order valence-corrected chi connectivity index (χ0v) is 23.1. The molecule has 216 valence electrons. The number of halogens is 4. The Morgan fingerprint density at radius 3 is 2.46 bits per heavy atom. The van der Waals surface area contributed by atoms with E-state index in [1.54, 1.807) is 33.6 Å². The monoisotopic (exact) mass is 587 g/mol. The number of fused-ring (bicyclic) bond motifs is 1. The zero-order valence-electron chi connectivity index (χ0n) is 22.4. The molecular weight excluding hydrogens is 559 g/mol. The van der Waals surface area contributed by atoms with Crippen molar-refractivity contribution in [2.24, 2.45) is 0 Å². The highest BCUT2D eigenvalue weighted by Crippen LogP contribution is 2.39. The van der Waals surface area contributed by atoms with Gasteiger partial charge in [0.2, 0.25) is 5.91 Å². The highest BCUT2D eigenvalue weighted by atomic mass is 35.5. The SMILES string of the molecule is C[C@@H]1CC[C@@H](c2nc(-c3ccc([C@@](C)(O)c4cccc(C(F)(F)F)c4)cc3)c3c(N)ncc(Cl)n23)CN1C(=O)CO. The van der Waals surface area contributed by atoms with Gasteiger partial charge in [0.25, 0.3) is 0 Å². The molecule has 1 aliphatic heterocycles. The van der Waals surface area contributed by atoms with Crippen molar-refractivity contribution in [1.29, 1.82) is 0 Å². The van der Waals surface area contributed by atoms with Crippen molar-refractivity contribution in [3.8, 4) is 11.3 Å². The largest absolute Gasteiger partial charge is 0.416 e. The van der Waals surface area contributed by atoms with Gasteiger partial charge in [-0.25, -0.2) is 9.97 Å². The number of likely N-dealkylation sites (tertiary alicyclic amines) is 1. The van der Waals surface area contributed by atoms with Crippen LogP contribution in [0.4, 0.5) is 19.0 Å². The van der Waals surface area contributed by atoms with Gasteiger partial charge >= 0.3 is 6.18 Å². The van der Waals surface area contributed by atoms with Crippen LogP contribution in [0.1, 0.15) is 55.1 Å². The lowest BCUT2D eigenvalue weighted by Crippen LogP contribution is -2.46. The first-order valence-corrected chi connectivity index (χ1v) is 13.4. The molecule has 3 heterocycles. The molecule has 0 unspecified atom stereocenters. The maximum Gasteiger partial charge on any atom is 0.416 e. The van der Waals surface area contributed by atoms with E-state index in [0.29, 0.717) is 41.1 Å². The van der Waals surface area contributed by atoms with Gasteiger partial charge in [-0.1, -0.05) is 48.0 Å². The Balaban J connectivity index is 1.55. The summed E-state index contributed by atoms with van der Waals surface area (Å²) >= 11 is 6.58. The first kappa shape index (κ1) is 28.8. The molecule has 8 nitrogen and oxygen atoms in total. The van der Waals surface area contributed by atoms with Crippen molar-refractivity contribution in [3.63, 3.8) is 0 Å². The summed E-state index contributed by atoms with van der Waals surface area (Å²) in [5.41, 5.74) is 5.81. The van der Waals surface area contributed by atoms with E-state index in [2.05, 4.69) is 4.98 Å². The number of anilines is 1. The highest BCUT2D eigenvalue weighted by molar-refractivity contribution is 6.30. The van der Waals surface area contributed by atoms with Crippen LogP contribution >= 0.6 is 11.6 Å². The minimum Gasteiger partial charge on any atom is -0.387 e. The van der Waals surface area contributed by atoms with Crippen LogP contribution in [0, 0.1) is 0 Å². The van der Waals surface area contributed by atoms with E-state index in [1.165, 1.54) is 25.3 Å². The average molecular weight is 588 g/mol. The van der Waals surface area contributed by atoms with Gasteiger partial charge in [0.1, 0.15) is 40.2 Å². The first-order chi connectivity index (χ1) is 19.3. The number of amides is 1. The van der Waals surface area contributed by atoms with Crippen molar-refractivity contribution >= 4 is 28.8 Å². The second-order valence-electron chi connectivity index (χ2n) is 10.5. The average Bonchev–Trinajstić information content (AvgIpc) is 3.37. The number of piperidine rings is 1. The van der Waals surface area contributed by atoms with Crippen molar-refractivity contribution in [3.05, 3.63) is 82.4 Å². The molecule has 0 saturated carbocycles. The molecule has 0 radical (unpaired) electrons. The molecular formula is C29H29ClF3N5O3. The molecule has 5 rings (SSSR count). The predicted octanol–water partition coefficient (Wildman–Crippen LogP) is 4.99. The van der Waals surface area contributed by atoms with E-state index in [1.807, 2.05) is 6.92 Å². The van der Waals surface area contributed by atoms with E-state index in [4.69, 9.17) is 22.3 Å². The molecule has 2 aromatic carbocycles. The maximum atomic E-state index is 13.3. The number of aromatic nitrogens is 3. The standard InChI is InChI=1S/C29H29ClF3N5O3/c1-16-6-7-18(14-37(16)23(40)15-39)27-36-24(25-26(34)35-13-22(30)38(25)27)17-8-10-19(11-9-17)28(2,41)20-4-3-5-21(12-20)29(31,32)33/h3-5,8-13,16,18,39,41H,6-7,14-15H2,1-2H3,(H2,34,35)/t16-,18-,28-/m1/s1. The molecule has 0 spiro atoms. The van der Waals surface area contributed by atoms with E-state index in [-0.39, 0.29) is 34.4 Å². The number of aliphatic hydroxyl groups excluding tert-OH is 1. The molecule has 3 atom stereocenters. The second-order valence-corrected chi connectivity index (χ2v) is 10.9. The summed E-state index contributed by atoms with van der Waals surface area (Å²) in [6.07, 6.45) is -1.68. The zero-order chi connectivity index (χ0) is 29.7. The van der Waals surface area contributed by atoms with Gasteiger partial charge in [-0.2, -0.15) is 13.2 Å². The van der Waals surface area contributed by atoms with E-state index in [0.717, 1.165) is 18.6 Å². The number of nitrogens with two attached hydrogens (primary N) is 1. The number of hydrogen-bond donors (Lipinski definition) is 3. The molecule has 2 aromatic heterocycles. The smallest absolute Gasteiger partial charge is 0.387 e. The molecule has 1 saturated heterocycles. The van der Waals surface area contributed by atoms with Gasteiger partial charge in [0.05, 0.1) is 11.8 Å².